The second kappa shape index (κ2) is 11.3. The molecule has 9 nitrogen and oxygen atoms in total. The standard InChI is InChI=1S/C29H42N6O3/c36-27-4-3-26(28(37)31-27)35-20-23-17-24(1-2-25(23)29(35)38)34-15-13-33(14-16-34)19-22-7-11-32(12-8-22)18-21-5-9-30-10-6-21/h1-2,17,21-22,26,30H,3-16,18-20H2,(H,31,36,37). The fourth-order valence-corrected chi connectivity index (χ4v) is 7.09. The van der Waals surface area contributed by atoms with Crippen LogP contribution in [0.1, 0.15) is 54.4 Å². The largest absolute Gasteiger partial charge is 0.369 e. The number of likely N-dealkylation sites (tertiary alicyclic amines) is 1. The van der Waals surface area contributed by atoms with Gasteiger partial charge in [-0.2, -0.15) is 0 Å². The third-order valence-electron chi connectivity index (χ3n) is 9.44. The van der Waals surface area contributed by atoms with E-state index in [0.29, 0.717) is 18.5 Å². The number of rotatable bonds is 6. The molecule has 5 aliphatic rings. The van der Waals surface area contributed by atoms with E-state index in [0.717, 1.165) is 49.3 Å². The van der Waals surface area contributed by atoms with Gasteiger partial charge in [0.2, 0.25) is 11.8 Å². The van der Waals surface area contributed by atoms with Crippen LogP contribution in [0.15, 0.2) is 18.2 Å². The van der Waals surface area contributed by atoms with Gasteiger partial charge in [0.1, 0.15) is 6.04 Å². The number of carbonyl (C=O) groups excluding carboxylic acids is 3. The zero-order valence-electron chi connectivity index (χ0n) is 22.5. The molecule has 0 aliphatic carbocycles. The molecule has 1 atom stereocenters. The molecule has 0 radical (unpaired) electrons. The van der Waals surface area contributed by atoms with Crippen LogP contribution >= 0.6 is 0 Å². The summed E-state index contributed by atoms with van der Waals surface area (Å²) in [5, 5.41) is 5.86. The summed E-state index contributed by atoms with van der Waals surface area (Å²) in [6.07, 6.45) is 6.01. The fourth-order valence-electron chi connectivity index (χ4n) is 7.09. The van der Waals surface area contributed by atoms with Crippen molar-refractivity contribution in [2.45, 2.75) is 51.1 Å². The highest BCUT2D eigenvalue weighted by molar-refractivity contribution is 6.05. The third-order valence-corrected chi connectivity index (χ3v) is 9.44. The van der Waals surface area contributed by atoms with Crippen LogP contribution in [-0.4, -0.2) is 104 Å². The summed E-state index contributed by atoms with van der Waals surface area (Å²) >= 11 is 0. The van der Waals surface area contributed by atoms with Crippen LogP contribution in [0.25, 0.3) is 0 Å². The fraction of sp³-hybridized carbons (Fsp3) is 0.690. The molecular formula is C29H42N6O3. The lowest BCUT2D eigenvalue weighted by Crippen LogP contribution is -2.52. The summed E-state index contributed by atoms with van der Waals surface area (Å²) in [6.45, 7) is 12.0. The Morgan fingerprint density at radius 1 is 0.789 bits per heavy atom. The molecule has 0 spiro atoms. The Kier molecular flexibility index (Phi) is 7.68. The van der Waals surface area contributed by atoms with Gasteiger partial charge in [-0.25, -0.2) is 0 Å². The number of piperidine rings is 3. The van der Waals surface area contributed by atoms with Crippen molar-refractivity contribution in [3.63, 3.8) is 0 Å². The summed E-state index contributed by atoms with van der Waals surface area (Å²) in [6, 6.07) is 5.55. The summed E-state index contributed by atoms with van der Waals surface area (Å²) in [4.78, 5) is 46.3. The molecule has 5 heterocycles. The first-order chi connectivity index (χ1) is 18.5. The molecule has 5 aliphatic heterocycles. The lowest BCUT2D eigenvalue weighted by Gasteiger charge is -2.40. The molecule has 38 heavy (non-hydrogen) atoms. The molecule has 9 heteroatoms. The molecule has 1 unspecified atom stereocenters. The molecule has 4 fully saturated rings. The highest BCUT2D eigenvalue weighted by Gasteiger charge is 2.39. The molecule has 206 valence electrons. The smallest absolute Gasteiger partial charge is 0.255 e. The van der Waals surface area contributed by atoms with Gasteiger partial charge in [0.25, 0.3) is 5.91 Å². The van der Waals surface area contributed by atoms with E-state index in [9.17, 15) is 14.4 Å². The zero-order valence-corrected chi connectivity index (χ0v) is 22.5. The summed E-state index contributed by atoms with van der Waals surface area (Å²) < 4.78 is 0. The number of benzene rings is 1. The maximum Gasteiger partial charge on any atom is 0.255 e. The van der Waals surface area contributed by atoms with Crippen molar-refractivity contribution in [2.75, 3.05) is 70.3 Å². The summed E-state index contributed by atoms with van der Waals surface area (Å²) in [5.74, 6) is 0.989. The zero-order chi connectivity index (χ0) is 26.1. The molecular weight excluding hydrogens is 480 g/mol. The van der Waals surface area contributed by atoms with E-state index in [2.05, 4.69) is 37.5 Å². The van der Waals surface area contributed by atoms with E-state index < -0.39 is 6.04 Å². The van der Waals surface area contributed by atoms with E-state index in [1.54, 1.807) is 4.90 Å². The van der Waals surface area contributed by atoms with Crippen molar-refractivity contribution < 1.29 is 14.4 Å². The van der Waals surface area contributed by atoms with E-state index in [1.807, 2.05) is 6.07 Å². The molecule has 1 aromatic rings. The number of hydrogen-bond acceptors (Lipinski definition) is 7. The number of amides is 3. The molecule has 2 N–H and O–H groups in total. The van der Waals surface area contributed by atoms with Crippen LogP contribution in [0.4, 0.5) is 5.69 Å². The number of nitrogens with one attached hydrogen (secondary N) is 2. The SMILES string of the molecule is O=C1CCC(N2Cc3cc(N4CCN(CC5CCN(CC6CCNCC6)CC5)CC4)ccc3C2=O)C(=O)N1. The first-order valence-electron chi connectivity index (χ1n) is 14.7. The normalized spacial score (nSPS) is 26.6. The number of imide groups is 1. The maximum atomic E-state index is 13.0. The quantitative estimate of drug-likeness (QED) is 0.545. The lowest BCUT2D eigenvalue weighted by molar-refractivity contribution is -0.136. The third kappa shape index (κ3) is 5.60. The number of piperazine rings is 1. The Hall–Kier alpha value is -2.49. The minimum absolute atomic E-state index is 0.104. The van der Waals surface area contributed by atoms with Crippen molar-refractivity contribution in [1.82, 2.24) is 25.3 Å². The first-order valence-corrected chi connectivity index (χ1v) is 14.7. The highest BCUT2D eigenvalue weighted by atomic mass is 16.2. The van der Waals surface area contributed by atoms with Gasteiger partial charge in [0.05, 0.1) is 0 Å². The van der Waals surface area contributed by atoms with Gasteiger partial charge in [0.15, 0.2) is 0 Å². The van der Waals surface area contributed by atoms with Crippen molar-refractivity contribution >= 4 is 23.4 Å². The van der Waals surface area contributed by atoms with Gasteiger partial charge in [-0.1, -0.05) is 0 Å². The van der Waals surface area contributed by atoms with Crippen LogP contribution in [0.5, 0.6) is 0 Å². The van der Waals surface area contributed by atoms with E-state index in [4.69, 9.17) is 0 Å². The first kappa shape index (κ1) is 25.8. The van der Waals surface area contributed by atoms with Crippen molar-refractivity contribution in [3.8, 4) is 0 Å². The molecule has 3 amide bonds. The van der Waals surface area contributed by atoms with Crippen molar-refractivity contribution in [2.24, 2.45) is 11.8 Å². The Morgan fingerprint density at radius 2 is 1.47 bits per heavy atom. The van der Waals surface area contributed by atoms with Gasteiger partial charge >= 0.3 is 0 Å². The maximum absolute atomic E-state index is 13.0. The van der Waals surface area contributed by atoms with E-state index in [-0.39, 0.29) is 24.1 Å². The Bertz CT molecular complexity index is 1040. The van der Waals surface area contributed by atoms with Gasteiger partial charge in [-0.05, 0) is 93.9 Å². The lowest BCUT2D eigenvalue weighted by atomic mass is 9.93. The van der Waals surface area contributed by atoms with E-state index >= 15 is 0 Å². The molecule has 4 saturated heterocycles. The van der Waals surface area contributed by atoms with E-state index in [1.165, 1.54) is 65.0 Å². The number of anilines is 1. The Labute approximate surface area is 225 Å². The predicted molar refractivity (Wildman–Crippen MR) is 146 cm³/mol. The van der Waals surface area contributed by atoms with Crippen LogP contribution in [-0.2, 0) is 16.1 Å². The van der Waals surface area contributed by atoms with Crippen LogP contribution in [0.3, 0.4) is 0 Å². The van der Waals surface area contributed by atoms with Crippen molar-refractivity contribution in [1.29, 1.82) is 0 Å². The molecule has 6 rings (SSSR count). The average Bonchev–Trinajstić information content (AvgIpc) is 3.26. The number of hydrogen-bond donors (Lipinski definition) is 2. The van der Waals surface area contributed by atoms with Crippen LogP contribution < -0.4 is 15.5 Å². The second-order valence-corrected chi connectivity index (χ2v) is 12.0. The number of nitrogens with zero attached hydrogens (tertiary/aromatic N) is 4. The number of fused-ring (bicyclic) bond motifs is 1. The molecule has 0 bridgehead atoms. The molecule has 0 saturated carbocycles. The predicted octanol–water partition coefficient (Wildman–Crippen LogP) is 1.28. The number of carbonyl (C=O) groups is 3. The van der Waals surface area contributed by atoms with Gasteiger partial charge in [-0.15, -0.1) is 0 Å². The summed E-state index contributed by atoms with van der Waals surface area (Å²) in [7, 11) is 0. The Morgan fingerprint density at radius 3 is 2.18 bits per heavy atom. The summed E-state index contributed by atoms with van der Waals surface area (Å²) in [5.41, 5.74) is 2.83. The van der Waals surface area contributed by atoms with Crippen LogP contribution in [0.2, 0.25) is 0 Å². The average molecular weight is 523 g/mol. The minimum Gasteiger partial charge on any atom is -0.369 e. The van der Waals surface area contributed by atoms with Gasteiger partial charge < -0.3 is 20.0 Å². The van der Waals surface area contributed by atoms with Gasteiger partial charge in [-0.3, -0.25) is 24.6 Å². The Balaban J connectivity index is 0.968. The van der Waals surface area contributed by atoms with Crippen LogP contribution in [0, 0.1) is 11.8 Å². The molecule has 0 aromatic heterocycles. The molecule has 1 aromatic carbocycles. The second-order valence-electron chi connectivity index (χ2n) is 12.0. The minimum atomic E-state index is -0.559. The monoisotopic (exact) mass is 522 g/mol. The topological polar surface area (TPSA) is 88.2 Å². The van der Waals surface area contributed by atoms with Gasteiger partial charge in [0, 0.05) is 63.5 Å². The highest BCUT2D eigenvalue weighted by Crippen LogP contribution is 2.31. The van der Waals surface area contributed by atoms with Crippen molar-refractivity contribution in [3.05, 3.63) is 29.3 Å².